The van der Waals surface area contributed by atoms with E-state index in [1.807, 2.05) is 24.3 Å². The molecule has 3 aliphatic rings. The van der Waals surface area contributed by atoms with Gasteiger partial charge in [-0.05, 0) is 67.7 Å². The molecule has 1 aromatic rings. The van der Waals surface area contributed by atoms with Crippen molar-refractivity contribution in [2.45, 2.75) is 32.2 Å². The van der Waals surface area contributed by atoms with Crippen molar-refractivity contribution in [2.75, 3.05) is 32.1 Å². The van der Waals surface area contributed by atoms with Gasteiger partial charge in [-0.3, -0.25) is 4.90 Å². The average molecular weight is 334 g/mol. The fraction of sp³-hybridized carbons (Fsp3) is 0.611. The third-order valence-electron chi connectivity index (χ3n) is 5.38. The first kappa shape index (κ1) is 16.5. The van der Waals surface area contributed by atoms with Gasteiger partial charge < -0.3 is 15.4 Å². The lowest BCUT2D eigenvalue weighted by atomic mass is 9.74. The van der Waals surface area contributed by atoms with Crippen molar-refractivity contribution in [3.05, 3.63) is 24.3 Å². The largest absolute Gasteiger partial charge is 0.497 e. The van der Waals surface area contributed by atoms with Gasteiger partial charge in [-0.2, -0.15) is 0 Å². The number of ether oxygens (including phenoxy) is 1. The maximum Gasteiger partial charge on any atom is 0.170 e. The van der Waals surface area contributed by atoms with Crippen LogP contribution in [-0.2, 0) is 0 Å². The normalized spacial score (nSPS) is 29.1. The molecule has 3 fully saturated rings. The molecule has 5 heteroatoms. The zero-order chi connectivity index (χ0) is 16.2. The quantitative estimate of drug-likeness (QED) is 0.810. The number of fused-ring (bicyclic) bond motifs is 3. The van der Waals surface area contributed by atoms with Crippen LogP contribution in [0.5, 0.6) is 5.75 Å². The van der Waals surface area contributed by atoms with E-state index in [1.54, 1.807) is 7.11 Å². The van der Waals surface area contributed by atoms with Crippen molar-refractivity contribution >= 4 is 23.0 Å². The minimum Gasteiger partial charge on any atom is -0.497 e. The SMILES string of the molecule is CC[C@@H]1CN2CC[C@H]1C[C@@H]2CNC(=S)Nc1ccc(OC)cc1. The molecule has 4 rings (SSSR count). The Kier molecular flexibility index (Phi) is 5.38. The highest BCUT2D eigenvalue weighted by Gasteiger charge is 2.38. The van der Waals surface area contributed by atoms with Gasteiger partial charge in [0.2, 0.25) is 0 Å². The molecule has 4 atom stereocenters. The van der Waals surface area contributed by atoms with Crippen LogP contribution in [0, 0.1) is 11.8 Å². The number of thiocarbonyl (C=S) groups is 1. The van der Waals surface area contributed by atoms with Crippen LogP contribution in [0.15, 0.2) is 24.3 Å². The van der Waals surface area contributed by atoms with E-state index in [0.717, 1.165) is 29.8 Å². The smallest absolute Gasteiger partial charge is 0.170 e. The lowest BCUT2D eigenvalue weighted by Crippen LogP contribution is -2.56. The summed E-state index contributed by atoms with van der Waals surface area (Å²) in [6, 6.07) is 8.45. The van der Waals surface area contributed by atoms with Crippen LogP contribution in [0.1, 0.15) is 26.2 Å². The Hall–Kier alpha value is -1.33. The van der Waals surface area contributed by atoms with Crippen molar-refractivity contribution < 1.29 is 4.74 Å². The Morgan fingerprint density at radius 2 is 2.13 bits per heavy atom. The van der Waals surface area contributed by atoms with Gasteiger partial charge >= 0.3 is 0 Å². The molecular formula is C18H27N3OS. The molecule has 2 bridgehead atoms. The van der Waals surface area contributed by atoms with E-state index in [0.29, 0.717) is 11.2 Å². The van der Waals surface area contributed by atoms with E-state index >= 15 is 0 Å². The number of hydrogen-bond donors (Lipinski definition) is 2. The third kappa shape index (κ3) is 3.96. The number of nitrogens with zero attached hydrogens (tertiary/aromatic N) is 1. The number of anilines is 1. The zero-order valence-electron chi connectivity index (χ0n) is 14.0. The van der Waals surface area contributed by atoms with Crippen LogP contribution >= 0.6 is 12.2 Å². The van der Waals surface area contributed by atoms with Gasteiger partial charge in [0.05, 0.1) is 7.11 Å². The number of rotatable bonds is 5. The second kappa shape index (κ2) is 7.49. The molecule has 3 saturated heterocycles. The lowest BCUT2D eigenvalue weighted by Gasteiger charge is -2.50. The Balaban J connectivity index is 1.46. The summed E-state index contributed by atoms with van der Waals surface area (Å²) < 4.78 is 5.17. The van der Waals surface area contributed by atoms with Crippen LogP contribution in [0.2, 0.25) is 0 Å². The van der Waals surface area contributed by atoms with E-state index < -0.39 is 0 Å². The summed E-state index contributed by atoms with van der Waals surface area (Å²) >= 11 is 5.43. The summed E-state index contributed by atoms with van der Waals surface area (Å²) in [5.74, 6) is 2.68. The number of benzene rings is 1. The maximum absolute atomic E-state index is 5.43. The summed E-state index contributed by atoms with van der Waals surface area (Å²) in [5, 5.41) is 7.34. The minimum atomic E-state index is 0.632. The monoisotopic (exact) mass is 333 g/mol. The highest BCUT2D eigenvalue weighted by molar-refractivity contribution is 7.80. The molecule has 126 valence electrons. The van der Waals surface area contributed by atoms with Crippen molar-refractivity contribution in [2.24, 2.45) is 11.8 Å². The Bertz CT molecular complexity index is 534. The molecule has 0 aromatic heterocycles. The van der Waals surface area contributed by atoms with Crippen molar-refractivity contribution in [3.63, 3.8) is 0 Å². The zero-order valence-corrected chi connectivity index (χ0v) is 14.9. The molecule has 0 saturated carbocycles. The molecule has 1 unspecified atom stereocenters. The molecule has 23 heavy (non-hydrogen) atoms. The number of methoxy groups -OCH3 is 1. The maximum atomic E-state index is 5.43. The van der Waals surface area contributed by atoms with E-state index in [1.165, 1.54) is 32.4 Å². The number of nitrogens with one attached hydrogen (secondary N) is 2. The molecule has 0 aliphatic carbocycles. The fourth-order valence-corrected chi connectivity index (χ4v) is 4.19. The Labute approximate surface area is 144 Å². The highest BCUT2D eigenvalue weighted by Crippen LogP contribution is 2.37. The predicted octanol–water partition coefficient (Wildman–Crippen LogP) is 3.10. The number of hydrogen-bond acceptors (Lipinski definition) is 3. The highest BCUT2D eigenvalue weighted by atomic mass is 32.1. The van der Waals surface area contributed by atoms with E-state index in [-0.39, 0.29) is 0 Å². The van der Waals surface area contributed by atoms with Gasteiger partial charge in [0, 0.05) is 24.8 Å². The van der Waals surface area contributed by atoms with Crippen LogP contribution in [0.3, 0.4) is 0 Å². The van der Waals surface area contributed by atoms with Crippen LogP contribution in [0.4, 0.5) is 5.69 Å². The lowest BCUT2D eigenvalue weighted by molar-refractivity contribution is 0.00212. The average Bonchev–Trinajstić information content (AvgIpc) is 2.61. The van der Waals surface area contributed by atoms with E-state index in [4.69, 9.17) is 17.0 Å². The third-order valence-corrected chi connectivity index (χ3v) is 5.63. The molecule has 0 spiro atoms. The molecule has 0 amide bonds. The van der Waals surface area contributed by atoms with Gasteiger partial charge in [-0.15, -0.1) is 0 Å². The standard InChI is InChI=1S/C18H27N3OS/c1-3-13-12-21-9-8-14(13)10-16(21)11-19-18(23)20-15-4-6-17(22-2)7-5-15/h4-7,13-14,16H,3,8-12H2,1-2H3,(H2,19,20,23)/t13-,14+,16-/m1/s1. The van der Waals surface area contributed by atoms with E-state index in [9.17, 15) is 0 Å². The minimum absolute atomic E-state index is 0.632. The van der Waals surface area contributed by atoms with Crippen molar-refractivity contribution in [3.8, 4) is 5.75 Å². The van der Waals surface area contributed by atoms with Crippen molar-refractivity contribution in [1.82, 2.24) is 10.2 Å². The fourth-order valence-electron chi connectivity index (χ4n) is 3.98. The second-order valence-corrected chi connectivity index (χ2v) is 7.07. The molecule has 4 nitrogen and oxygen atoms in total. The first-order valence-electron chi connectivity index (χ1n) is 8.62. The van der Waals surface area contributed by atoms with Crippen LogP contribution < -0.4 is 15.4 Å². The summed E-state index contributed by atoms with van der Waals surface area (Å²) in [4.78, 5) is 2.65. The van der Waals surface area contributed by atoms with Crippen LogP contribution in [0.25, 0.3) is 0 Å². The van der Waals surface area contributed by atoms with Gasteiger partial charge in [-0.25, -0.2) is 0 Å². The second-order valence-electron chi connectivity index (χ2n) is 6.67. The molecule has 2 N–H and O–H groups in total. The van der Waals surface area contributed by atoms with E-state index in [2.05, 4.69) is 22.5 Å². The summed E-state index contributed by atoms with van der Waals surface area (Å²) in [5.41, 5.74) is 0.986. The van der Waals surface area contributed by atoms with Gasteiger partial charge in [0.25, 0.3) is 0 Å². The summed E-state index contributed by atoms with van der Waals surface area (Å²) in [6.45, 7) is 5.79. The first-order valence-corrected chi connectivity index (χ1v) is 9.03. The first-order chi connectivity index (χ1) is 11.2. The Morgan fingerprint density at radius 1 is 1.35 bits per heavy atom. The summed E-state index contributed by atoms with van der Waals surface area (Å²) in [6.07, 6.45) is 4.01. The van der Waals surface area contributed by atoms with Gasteiger partial charge in [-0.1, -0.05) is 13.3 Å². The summed E-state index contributed by atoms with van der Waals surface area (Å²) in [7, 11) is 1.67. The van der Waals surface area contributed by atoms with Gasteiger partial charge in [0.15, 0.2) is 5.11 Å². The molecule has 3 aliphatic heterocycles. The molecule has 3 heterocycles. The topological polar surface area (TPSA) is 36.5 Å². The van der Waals surface area contributed by atoms with Gasteiger partial charge in [0.1, 0.15) is 5.75 Å². The van der Waals surface area contributed by atoms with Crippen molar-refractivity contribution in [1.29, 1.82) is 0 Å². The number of piperidine rings is 3. The van der Waals surface area contributed by atoms with Crippen LogP contribution in [-0.4, -0.2) is 42.8 Å². The molecule has 1 aromatic carbocycles. The predicted molar refractivity (Wildman–Crippen MR) is 99.1 cm³/mol. The Morgan fingerprint density at radius 3 is 2.74 bits per heavy atom. The molecule has 0 radical (unpaired) electrons. The molecular weight excluding hydrogens is 306 g/mol.